The van der Waals surface area contributed by atoms with Gasteiger partial charge in [-0.05, 0) is 50.6 Å². The average Bonchev–Trinajstić information content (AvgIpc) is 3.37. The van der Waals surface area contributed by atoms with Gasteiger partial charge in [0.1, 0.15) is 10.9 Å². The van der Waals surface area contributed by atoms with Gasteiger partial charge in [0.05, 0.1) is 18.8 Å². The van der Waals surface area contributed by atoms with Crippen LogP contribution in [0.1, 0.15) is 60.3 Å². The summed E-state index contributed by atoms with van der Waals surface area (Å²) in [4.78, 5) is 14.0. The van der Waals surface area contributed by atoms with Gasteiger partial charge in [-0.25, -0.2) is 0 Å². The van der Waals surface area contributed by atoms with Crippen LogP contribution in [0.4, 0.5) is 0 Å². The van der Waals surface area contributed by atoms with Crippen LogP contribution in [0.15, 0.2) is 37.0 Å². The van der Waals surface area contributed by atoms with Crippen molar-refractivity contribution in [3.8, 4) is 0 Å². The Morgan fingerprint density at radius 2 is 1.84 bits per heavy atom. The molecule has 2 saturated heterocycles. The number of thioether (sulfide) groups is 1. The van der Waals surface area contributed by atoms with Crippen molar-refractivity contribution >= 4 is 26.0 Å². The van der Waals surface area contributed by atoms with Crippen LogP contribution in [0.2, 0.25) is 18.1 Å². The number of hydrogen-bond acceptors (Lipinski definition) is 6. The highest BCUT2D eigenvalue weighted by Gasteiger charge is 2.71. The largest absolute Gasteiger partial charge is 0.461 e. The van der Waals surface area contributed by atoms with E-state index in [-0.39, 0.29) is 40.8 Å². The monoisotopic (exact) mass is 548 g/mol. The normalized spacial score (nSPS) is 39.9. The average molecular weight is 549 g/mol. The van der Waals surface area contributed by atoms with E-state index in [1.165, 1.54) is 0 Å². The summed E-state index contributed by atoms with van der Waals surface area (Å²) in [6, 6.07) is 0. The minimum Gasteiger partial charge on any atom is -0.461 e. The first-order chi connectivity index (χ1) is 17.1. The van der Waals surface area contributed by atoms with Gasteiger partial charge in [0, 0.05) is 37.0 Å². The molecule has 4 aliphatic rings. The zero-order valence-corrected chi connectivity index (χ0v) is 26.1. The molecule has 2 heterocycles. The minimum atomic E-state index is -2.09. The zero-order valence-electron chi connectivity index (χ0n) is 24.3. The molecule has 4 rings (SSSR count). The highest BCUT2D eigenvalue weighted by molar-refractivity contribution is 8.00. The second-order valence-electron chi connectivity index (χ2n) is 13.6. The van der Waals surface area contributed by atoms with E-state index in [2.05, 4.69) is 73.7 Å². The molecule has 0 aromatic heterocycles. The van der Waals surface area contributed by atoms with Crippen LogP contribution < -0.4 is 0 Å². The summed E-state index contributed by atoms with van der Waals surface area (Å²) in [5.41, 5.74) is 1.66. The van der Waals surface area contributed by atoms with Crippen molar-refractivity contribution in [3.05, 3.63) is 37.0 Å². The smallest absolute Gasteiger partial charge is 0.323 e. The van der Waals surface area contributed by atoms with E-state index in [9.17, 15) is 4.79 Å². The molecule has 1 spiro atoms. The maximum atomic E-state index is 14.0. The van der Waals surface area contributed by atoms with E-state index in [4.69, 9.17) is 18.6 Å². The lowest BCUT2D eigenvalue weighted by Gasteiger charge is -2.47. The van der Waals surface area contributed by atoms with E-state index in [0.717, 1.165) is 24.0 Å². The minimum absolute atomic E-state index is 0.0159. The van der Waals surface area contributed by atoms with E-state index in [1.807, 2.05) is 6.08 Å². The Bertz CT molecular complexity index is 964. The molecule has 0 bridgehead atoms. The summed E-state index contributed by atoms with van der Waals surface area (Å²) >= 11 is 1.63. The zero-order chi connectivity index (χ0) is 27.6. The molecular formula is C30H48O5SSi. The van der Waals surface area contributed by atoms with Gasteiger partial charge < -0.3 is 18.6 Å². The first-order valence-corrected chi connectivity index (χ1v) is 17.9. The molecule has 0 unspecified atom stereocenters. The summed E-state index contributed by atoms with van der Waals surface area (Å²) in [5.74, 6) is -0.780. The second-order valence-corrected chi connectivity index (χ2v) is 19.4. The lowest BCUT2D eigenvalue weighted by atomic mass is 9.69. The highest BCUT2D eigenvalue weighted by atomic mass is 32.2. The number of esters is 1. The van der Waals surface area contributed by atoms with Gasteiger partial charge in [-0.1, -0.05) is 51.2 Å². The van der Waals surface area contributed by atoms with Crippen molar-refractivity contribution < 1.29 is 23.4 Å². The molecule has 7 atom stereocenters. The molecule has 0 amide bonds. The fraction of sp³-hybridized carbons (Fsp3) is 0.767. The predicted molar refractivity (Wildman–Crippen MR) is 154 cm³/mol. The Balaban J connectivity index is 1.76. The van der Waals surface area contributed by atoms with Crippen molar-refractivity contribution in [2.24, 2.45) is 23.7 Å². The molecule has 0 aromatic carbocycles. The van der Waals surface area contributed by atoms with Gasteiger partial charge in [0.2, 0.25) is 0 Å². The van der Waals surface area contributed by atoms with Crippen LogP contribution in [-0.2, 0) is 23.4 Å². The first kappa shape index (κ1) is 29.1. The summed E-state index contributed by atoms with van der Waals surface area (Å²) in [5, 5.41) is 0.0760. The summed E-state index contributed by atoms with van der Waals surface area (Å²) in [6.45, 7) is 30.0. The quantitative estimate of drug-likeness (QED) is 0.204. The Morgan fingerprint density at radius 1 is 1.22 bits per heavy atom. The van der Waals surface area contributed by atoms with Crippen molar-refractivity contribution in [2.45, 2.75) is 101 Å². The van der Waals surface area contributed by atoms with Crippen molar-refractivity contribution in [3.63, 3.8) is 0 Å². The fourth-order valence-electron chi connectivity index (χ4n) is 7.30. The molecule has 2 aliphatic carbocycles. The fourth-order valence-corrected chi connectivity index (χ4v) is 10.3. The summed E-state index contributed by atoms with van der Waals surface area (Å²) in [6.07, 6.45) is 6.68. The lowest BCUT2D eigenvalue weighted by Crippen LogP contribution is -2.54. The molecule has 0 N–H and O–H groups in total. The molecule has 0 aromatic rings. The molecule has 4 fully saturated rings. The Labute approximate surface area is 229 Å². The van der Waals surface area contributed by atoms with E-state index < -0.39 is 24.5 Å². The number of carbonyl (C=O) groups excluding carboxylic acids is 1. The van der Waals surface area contributed by atoms with Gasteiger partial charge in [0.25, 0.3) is 0 Å². The number of allylic oxidation sites excluding steroid dienone is 1. The molecule has 208 valence electrons. The third kappa shape index (κ3) is 4.65. The SMILES string of the molecule is C=C[C@H]1[C@@H]2[C@H](C[C@@]1(C)O[Si](C)(C)C(C)(C)C)OC(=O)[C@]2(SC)[C@@H]1C[C@@H](C(=C)C)CC2(CC1=C)OCCO2. The van der Waals surface area contributed by atoms with E-state index >= 15 is 0 Å². The van der Waals surface area contributed by atoms with Gasteiger partial charge >= 0.3 is 5.97 Å². The summed E-state index contributed by atoms with van der Waals surface area (Å²) in [7, 11) is -2.09. The van der Waals surface area contributed by atoms with Crippen LogP contribution in [0.3, 0.4) is 0 Å². The van der Waals surface area contributed by atoms with E-state index in [1.54, 1.807) is 11.8 Å². The van der Waals surface area contributed by atoms with Crippen LogP contribution >= 0.6 is 11.8 Å². The highest BCUT2D eigenvalue weighted by Crippen LogP contribution is 2.63. The first-order valence-electron chi connectivity index (χ1n) is 13.8. The van der Waals surface area contributed by atoms with Crippen LogP contribution in [0.5, 0.6) is 0 Å². The maximum Gasteiger partial charge on any atom is 0.323 e. The Morgan fingerprint density at radius 3 is 2.35 bits per heavy atom. The lowest BCUT2D eigenvalue weighted by molar-refractivity contribution is -0.164. The Kier molecular flexibility index (Phi) is 7.60. The number of hydrogen-bond donors (Lipinski definition) is 0. The molecule has 5 nitrogen and oxygen atoms in total. The maximum absolute atomic E-state index is 14.0. The van der Waals surface area contributed by atoms with Crippen molar-refractivity contribution in [1.82, 2.24) is 0 Å². The second kappa shape index (κ2) is 9.65. The third-order valence-corrected chi connectivity index (χ3v) is 16.1. The molecule has 37 heavy (non-hydrogen) atoms. The topological polar surface area (TPSA) is 54.0 Å². The Hall–Kier alpha value is -0.863. The molecule has 2 saturated carbocycles. The van der Waals surface area contributed by atoms with Gasteiger partial charge in [-0.3, -0.25) is 4.79 Å². The number of ether oxygens (including phenoxy) is 3. The predicted octanol–water partition coefficient (Wildman–Crippen LogP) is 6.91. The number of fused-ring (bicyclic) bond motifs is 1. The third-order valence-electron chi connectivity index (χ3n) is 10.2. The van der Waals surface area contributed by atoms with Gasteiger partial charge in [0.15, 0.2) is 14.1 Å². The molecule has 2 aliphatic heterocycles. The van der Waals surface area contributed by atoms with Gasteiger partial charge in [-0.2, -0.15) is 0 Å². The molecule has 7 heteroatoms. The molecule has 0 radical (unpaired) electrons. The number of rotatable bonds is 6. The molecular weight excluding hydrogens is 500 g/mol. The van der Waals surface area contributed by atoms with Crippen molar-refractivity contribution in [2.75, 3.05) is 19.5 Å². The summed E-state index contributed by atoms with van der Waals surface area (Å²) < 4.78 is 25.0. The van der Waals surface area contributed by atoms with Crippen LogP contribution in [-0.4, -0.2) is 56.0 Å². The standard InChI is InChI=1S/C30H48O5SSi/c1-12-22-25-24(18-28(22,8)35-37(10,11)27(5,6)7)34-26(31)30(25,36-9)23-15-21(19(2)3)17-29(16-20(23)4)32-13-14-33-29/h12,21-25H,1-2,4,13-18H2,3,5-11H3/t21-,22+,23-,24+,25-,28-,30+/m1/s1. The van der Waals surface area contributed by atoms with E-state index in [0.29, 0.717) is 26.1 Å². The van der Waals surface area contributed by atoms with Crippen LogP contribution in [0, 0.1) is 23.7 Å². The van der Waals surface area contributed by atoms with Crippen molar-refractivity contribution in [1.29, 1.82) is 0 Å². The number of carbonyl (C=O) groups is 1. The van der Waals surface area contributed by atoms with Crippen LogP contribution in [0.25, 0.3) is 0 Å². The van der Waals surface area contributed by atoms with Gasteiger partial charge in [-0.15, -0.1) is 18.3 Å².